The SMILES string of the molecule is CN=C(NCc1ccccc1)N(C)C. The normalized spacial score (nSPS) is 11.2. The van der Waals surface area contributed by atoms with Crippen molar-refractivity contribution in [3.8, 4) is 0 Å². The number of aliphatic imine (C=N–C) groups is 1. The van der Waals surface area contributed by atoms with Crippen LogP contribution in [0, 0.1) is 0 Å². The van der Waals surface area contributed by atoms with E-state index in [9.17, 15) is 0 Å². The van der Waals surface area contributed by atoms with Crippen LogP contribution in [0.15, 0.2) is 35.3 Å². The maximum absolute atomic E-state index is 4.13. The summed E-state index contributed by atoms with van der Waals surface area (Å²) in [7, 11) is 5.73. The van der Waals surface area contributed by atoms with Gasteiger partial charge in [0.2, 0.25) is 0 Å². The first kappa shape index (κ1) is 10.6. The molecule has 0 spiro atoms. The first-order valence-electron chi connectivity index (χ1n) is 4.66. The number of rotatable bonds is 2. The van der Waals surface area contributed by atoms with Crippen LogP contribution in [0.3, 0.4) is 0 Å². The molecule has 3 heteroatoms. The topological polar surface area (TPSA) is 27.6 Å². The van der Waals surface area contributed by atoms with Gasteiger partial charge in [0.05, 0.1) is 0 Å². The summed E-state index contributed by atoms with van der Waals surface area (Å²) in [4.78, 5) is 6.10. The van der Waals surface area contributed by atoms with Gasteiger partial charge in [-0.3, -0.25) is 4.99 Å². The van der Waals surface area contributed by atoms with Crippen LogP contribution >= 0.6 is 0 Å². The molecule has 0 bridgehead atoms. The van der Waals surface area contributed by atoms with Crippen molar-refractivity contribution in [2.75, 3.05) is 21.1 Å². The van der Waals surface area contributed by atoms with Crippen molar-refractivity contribution in [2.24, 2.45) is 4.99 Å². The van der Waals surface area contributed by atoms with E-state index in [1.807, 2.05) is 37.2 Å². The third-order valence-corrected chi connectivity index (χ3v) is 1.93. The van der Waals surface area contributed by atoms with Crippen molar-refractivity contribution < 1.29 is 0 Å². The highest BCUT2D eigenvalue weighted by Crippen LogP contribution is 1.97. The quantitative estimate of drug-likeness (QED) is 0.564. The zero-order valence-electron chi connectivity index (χ0n) is 8.99. The van der Waals surface area contributed by atoms with Crippen LogP contribution in [0.25, 0.3) is 0 Å². The Morgan fingerprint density at radius 3 is 2.43 bits per heavy atom. The minimum absolute atomic E-state index is 0.811. The summed E-state index contributed by atoms with van der Waals surface area (Å²) in [6, 6.07) is 10.3. The molecule has 0 atom stereocenters. The van der Waals surface area contributed by atoms with Crippen molar-refractivity contribution in [3.05, 3.63) is 35.9 Å². The third-order valence-electron chi connectivity index (χ3n) is 1.93. The highest BCUT2D eigenvalue weighted by atomic mass is 15.3. The van der Waals surface area contributed by atoms with Crippen LogP contribution in [-0.2, 0) is 6.54 Å². The minimum atomic E-state index is 0.811. The van der Waals surface area contributed by atoms with E-state index in [1.54, 1.807) is 7.05 Å². The van der Waals surface area contributed by atoms with Crippen molar-refractivity contribution in [1.82, 2.24) is 10.2 Å². The Morgan fingerprint density at radius 2 is 1.93 bits per heavy atom. The van der Waals surface area contributed by atoms with Crippen molar-refractivity contribution in [2.45, 2.75) is 6.54 Å². The van der Waals surface area contributed by atoms with Crippen LogP contribution in [0.5, 0.6) is 0 Å². The Bertz CT molecular complexity index is 291. The molecule has 0 aromatic heterocycles. The zero-order chi connectivity index (χ0) is 10.4. The van der Waals surface area contributed by atoms with Gasteiger partial charge in [0, 0.05) is 27.7 Å². The second-order valence-electron chi connectivity index (χ2n) is 3.28. The average molecular weight is 191 g/mol. The molecule has 0 heterocycles. The molecule has 76 valence electrons. The maximum Gasteiger partial charge on any atom is 0.193 e. The van der Waals surface area contributed by atoms with Crippen LogP contribution in [0.4, 0.5) is 0 Å². The Labute approximate surface area is 85.5 Å². The smallest absolute Gasteiger partial charge is 0.193 e. The first-order chi connectivity index (χ1) is 6.74. The van der Waals surface area contributed by atoms with Gasteiger partial charge < -0.3 is 10.2 Å². The largest absolute Gasteiger partial charge is 0.352 e. The summed E-state index contributed by atoms with van der Waals surface area (Å²) in [5.74, 6) is 0.897. The fraction of sp³-hybridized carbons (Fsp3) is 0.364. The van der Waals surface area contributed by atoms with Gasteiger partial charge in [-0.2, -0.15) is 0 Å². The monoisotopic (exact) mass is 191 g/mol. The number of hydrogen-bond acceptors (Lipinski definition) is 1. The van der Waals surface area contributed by atoms with Gasteiger partial charge >= 0.3 is 0 Å². The molecule has 0 aliphatic rings. The lowest BCUT2D eigenvalue weighted by atomic mass is 10.2. The third kappa shape index (κ3) is 3.09. The average Bonchev–Trinajstić information content (AvgIpc) is 2.20. The Morgan fingerprint density at radius 1 is 1.29 bits per heavy atom. The Kier molecular flexibility index (Phi) is 3.98. The molecule has 0 amide bonds. The lowest BCUT2D eigenvalue weighted by Crippen LogP contribution is -2.35. The number of nitrogens with zero attached hydrogens (tertiary/aromatic N) is 2. The predicted octanol–water partition coefficient (Wildman–Crippen LogP) is 1.32. The Hall–Kier alpha value is -1.51. The zero-order valence-corrected chi connectivity index (χ0v) is 8.99. The summed E-state index contributed by atoms with van der Waals surface area (Å²) in [5, 5.41) is 3.26. The molecule has 0 aliphatic carbocycles. The molecule has 1 rings (SSSR count). The van der Waals surface area contributed by atoms with E-state index in [2.05, 4.69) is 22.4 Å². The van der Waals surface area contributed by atoms with Gasteiger partial charge in [0.25, 0.3) is 0 Å². The molecule has 3 nitrogen and oxygen atoms in total. The predicted molar refractivity (Wildman–Crippen MR) is 60.3 cm³/mol. The molecule has 1 N–H and O–H groups in total. The van der Waals surface area contributed by atoms with E-state index in [0.29, 0.717) is 0 Å². The van der Waals surface area contributed by atoms with Crippen molar-refractivity contribution in [3.63, 3.8) is 0 Å². The number of benzene rings is 1. The molecule has 0 radical (unpaired) electrons. The molecule has 0 saturated carbocycles. The lowest BCUT2D eigenvalue weighted by molar-refractivity contribution is 0.583. The number of guanidine groups is 1. The summed E-state index contributed by atoms with van der Waals surface area (Å²) in [5.41, 5.74) is 1.26. The van der Waals surface area contributed by atoms with Gasteiger partial charge in [0.1, 0.15) is 0 Å². The first-order valence-corrected chi connectivity index (χ1v) is 4.66. The van der Waals surface area contributed by atoms with Gasteiger partial charge in [-0.05, 0) is 5.56 Å². The minimum Gasteiger partial charge on any atom is -0.352 e. The van der Waals surface area contributed by atoms with Crippen molar-refractivity contribution in [1.29, 1.82) is 0 Å². The summed E-state index contributed by atoms with van der Waals surface area (Å²) in [6.45, 7) is 0.811. The molecule has 1 aromatic rings. The highest BCUT2D eigenvalue weighted by molar-refractivity contribution is 5.79. The van der Waals surface area contributed by atoms with Gasteiger partial charge in [-0.1, -0.05) is 30.3 Å². The fourth-order valence-electron chi connectivity index (χ4n) is 1.21. The molecule has 0 saturated heterocycles. The van der Waals surface area contributed by atoms with Crippen molar-refractivity contribution >= 4 is 5.96 Å². The standard InChI is InChI=1S/C11H17N3/c1-12-11(14(2)3)13-9-10-7-5-4-6-8-10/h4-8H,9H2,1-3H3,(H,12,13). The molecule has 0 fully saturated rings. The van der Waals surface area contributed by atoms with Gasteiger partial charge in [0.15, 0.2) is 5.96 Å². The maximum atomic E-state index is 4.13. The van der Waals surface area contributed by atoms with Gasteiger partial charge in [-0.25, -0.2) is 0 Å². The molecular formula is C11H17N3. The van der Waals surface area contributed by atoms with Crippen LogP contribution in [0.2, 0.25) is 0 Å². The summed E-state index contributed by atoms with van der Waals surface area (Å²) >= 11 is 0. The summed E-state index contributed by atoms with van der Waals surface area (Å²) in [6.07, 6.45) is 0. The van der Waals surface area contributed by atoms with E-state index >= 15 is 0 Å². The van der Waals surface area contributed by atoms with Crippen LogP contribution in [0.1, 0.15) is 5.56 Å². The van der Waals surface area contributed by atoms with E-state index in [1.165, 1.54) is 5.56 Å². The fourth-order valence-corrected chi connectivity index (χ4v) is 1.21. The molecule has 1 aromatic carbocycles. The second-order valence-corrected chi connectivity index (χ2v) is 3.28. The molecule has 0 unspecified atom stereocenters. The van der Waals surface area contributed by atoms with Crippen LogP contribution in [-0.4, -0.2) is 32.0 Å². The van der Waals surface area contributed by atoms with Gasteiger partial charge in [-0.15, -0.1) is 0 Å². The van der Waals surface area contributed by atoms with Crippen LogP contribution < -0.4 is 5.32 Å². The Balaban J connectivity index is 2.48. The lowest BCUT2D eigenvalue weighted by Gasteiger charge is -2.16. The molecule has 0 aliphatic heterocycles. The summed E-state index contributed by atoms with van der Waals surface area (Å²) < 4.78 is 0. The second kappa shape index (κ2) is 5.27. The molecule has 14 heavy (non-hydrogen) atoms. The van der Waals surface area contributed by atoms with E-state index in [4.69, 9.17) is 0 Å². The number of hydrogen-bond donors (Lipinski definition) is 1. The number of nitrogens with one attached hydrogen (secondary N) is 1. The molecular weight excluding hydrogens is 174 g/mol. The van der Waals surface area contributed by atoms with E-state index in [0.717, 1.165) is 12.5 Å². The highest BCUT2D eigenvalue weighted by Gasteiger charge is 1.98. The van der Waals surface area contributed by atoms with E-state index < -0.39 is 0 Å². The van der Waals surface area contributed by atoms with E-state index in [-0.39, 0.29) is 0 Å².